The highest BCUT2D eigenvalue weighted by Gasteiger charge is 2.33. The van der Waals surface area contributed by atoms with Crippen LogP contribution in [0.15, 0.2) is 41.1 Å². The second-order valence-electron chi connectivity index (χ2n) is 3.71. The Morgan fingerprint density at radius 2 is 1.84 bits per heavy atom. The first-order valence-electron chi connectivity index (χ1n) is 5.33. The number of nitrogens with zero attached hydrogens (tertiary/aromatic N) is 2. The number of rotatable bonds is 3. The van der Waals surface area contributed by atoms with Crippen LogP contribution in [0.3, 0.4) is 0 Å². The predicted molar refractivity (Wildman–Crippen MR) is 68.5 cm³/mol. The molecule has 0 unspecified atom stereocenters. The van der Waals surface area contributed by atoms with Gasteiger partial charge in [0, 0.05) is 22.6 Å². The van der Waals surface area contributed by atoms with Gasteiger partial charge in [-0.3, -0.25) is 0 Å². The van der Waals surface area contributed by atoms with Crippen LogP contribution in [0.5, 0.6) is 0 Å². The number of aromatic nitrogens is 2. The number of hydrogen-bond acceptors (Lipinski definition) is 3. The van der Waals surface area contributed by atoms with Gasteiger partial charge in [-0.05, 0) is 24.3 Å². The number of benzene rings is 1. The molecule has 0 saturated carbocycles. The highest BCUT2D eigenvalue weighted by Crippen LogP contribution is 2.36. The SMILES string of the molecule is FC(F)(F)c1cc(Br)ccc1NCc1ncccn1. The third kappa shape index (κ3) is 3.66. The first-order valence-corrected chi connectivity index (χ1v) is 6.12. The fraction of sp³-hybridized carbons (Fsp3) is 0.167. The molecule has 100 valence electrons. The highest BCUT2D eigenvalue weighted by molar-refractivity contribution is 9.10. The molecule has 2 rings (SSSR count). The van der Waals surface area contributed by atoms with Crippen LogP contribution in [0, 0.1) is 0 Å². The van der Waals surface area contributed by atoms with Gasteiger partial charge in [0.25, 0.3) is 0 Å². The van der Waals surface area contributed by atoms with Crippen LogP contribution < -0.4 is 5.32 Å². The molecule has 0 aliphatic heterocycles. The first-order chi connectivity index (χ1) is 8.97. The summed E-state index contributed by atoms with van der Waals surface area (Å²) < 4.78 is 39.0. The topological polar surface area (TPSA) is 37.8 Å². The zero-order valence-corrected chi connectivity index (χ0v) is 11.2. The third-order valence-electron chi connectivity index (χ3n) is 2.34. The van der Waals surface area contributed by atoms with Crippen molar-refractivity contribution >= 4 is 21.6 Å². The zero-order chi connectivity index (χ0) is 13.9. The largest absolute Gasteiger partial charge is 0.418 e. The van der Waals surface area contributed by atoms with E-state index in [9.17, 15) is 13.2 Å². The molecule has 1 aromatic carbocycles. The van der Waals surface area contributed by atoms with E-state index in [0.717, 1.165) is 6.07 Å². The molecule has 19 heavy (non-hydrogen) atoms. The summed E-state index contributed by atoms with van der Waals surface area (Å²) in [6.07, 6.45) is -1.34. The van der Waals surface area contributed by atoms with Gasteiger partial charge in [-0.1, -0.05) is 15.9 Å². The quantitative estimate of drug-likeness (QED) is 0.927. The summed E-state index contributed by atoms with van der Waals surface area (Å²) in [6, 6.07) is 5.59. The predicted octanol–water partition coefficient (Wildman–Crippen LogP) is 3.87. The Morgan fingerprint density at radius 1 is 1.16 bits per heavy atom. The summed E-state index contributed by atoms with van der Waals surface area (Å²) in [4.78, 5) is 7.88. The van der Waals surface area contributed by atoms with Crippen LogP contribution in [0.4, 0.5) is 18.9 Å². The van der Waals surface area contributed by atoms with Crippen LogP contribution >= 0.6 is 15.9 Å². The van der Waals surface area contributed by atoms with Crippen LogP contribution in [0.1, 0.15) is 11.4 Å². The number of nitrogens with one attached hydrogen (secondary N) is 1. The fourth-order valence-corrected chi connectivity index (χ4v) is 1.86. The molecular formula is C12H9BrF3N3. The lowest BCUT2D eigenvalue weighted by Gasteiger charge is -2.14. The average Bonchev–Trinajstić information content (AvgIpc) is 2.37. The van der Waals surface area contributed by atoms with Gasteiger partial charge < -0.3 is 5.32 Å². The molecule has 1 N–H and O–H groups in total. The van der Waals surface area contributed by atoms with Gasteiger partial charge in [-0.25, -0.2) is 9.97 Å². The van der Waals surface area contributed by atoms with Gasteiger partial charge in [-0.15, -0.1) is 0 Å². The van der Waals surface area contributed by atoms with E-state index in [1.807, 2.05) is 0 Å². The maximum Gasteiger partial charge on any atom is 0.418 e. The van der Waals surface area contributed by atoms with Gasteiger partial charge in [-0.2, -0.15) is 13.2 Å². The van der Waals surface area contributed by atoms with Crippen molar-refractivity contribution in [1.29, 1.82) is 0 Å². The molecule has 0 amide bonds. The summed E-state index contributed by atoms with van der Waals surface area (Å²) in [5.41, 5.74) is -0.721. The normalized spacial score (nSPS) is 11.4. The molecule has 0 aliphatic carbocycles. The molecule has 7 heteroatoms. The monoisotopic (exact) mass is 331 g/mol. The minimum absolute atomic E-state index is 0.00292. The van der Waals surface area contributed by atoms with Crippen molar-refractivity contribution in [1.82, 2.24) is 9.97 Å². The van der Waals surface area contributed by atoms with Crippen molar-refractivity contribution in [3.63, 3.8) is 0 Å². The average molecular weight is 332 g/mol. The molecular weight excluding hydrogens is 323 g/mol. The Hall–Kier alpha value is -1.63. The minimum Gasteiger partial charge on any atom is -0.377 e. The van der Waals surface area contributed by atoms with Crippen molar-refractivity contribution in [3.05, 3.63) is 52.5 Å². The lowest BCUT2D eigenvalue weighted by molar-refractivity contribution is -0.137. The molecule has 1 heterocycles. The molecule has 2 aromatic rings. The Morgan fingerprint density at radius 3 is 2.47 bits per heavy atom. The summed E-state index contributed by atoms with van der Waals surface area (Å²) in [6.45, 7) is 0.131. The molecule has 0 fully saturated rings. The van der Waals surface area contributed by atoms with E-state index >= 15 is 0 Å². The molecule has 3 nitrogen and oxygen atoms in total. The highest BCUT2D eigenvalue weighted by atomic mass is 79.9. The number of halogens is 4. The minimum atomic E-state index is -4.41. The van der Waals surface area contributed by atoms with Gasteiger partial charge in [0.05, 0.1) is 12.1 Å². The van der Waals surface area contributed by atoms with Gasteiger partial charge in [0.1, 0.15) is 5.82 Å². The van der Waals surface area contributed by atoms with E-state index in [4.69, 9.17) is 0 Å². The van der Waals surface area contributed by atoms with Crippen molar-refractivity contribution < 1.29 is 13.2 Å². The summed E-state index contributed by atoms with van der Waals surface area (Å²) in [7, 11) is 0. The number of hydrogen-bond donors (Lipinski definition) is 1. The Labute approximate surface area is 116 Å². The standard InChI is InChI=1S/C12H9BrF3N3/c13-8-2-3-10(9(6-8)12(14,15)16)19-7-11-17-4-1-5-18-11/h1-6,19H,7H2. The van der Waals surface area contributed by atoms with Crippen LogP contribution in [0.25, 0.3) is 0 Å². The van der Waals surface area contributed by atoms with E-state index in [0.29, 0.717) is 10.3 Å². The van der Waals surface area contributed by atoms with E-state index in [-0.39, 0.29) is 12.2 Å². The Bertz CT molecular complexity index is 558. The van der Waals surface area contributed by atoms with E-state index in [1.165, 1.54) is 18.5 Å². The molecule has 0 bridgehead atoms. The van der Waals surface area contributed by atoms with E-state index < -0.39 is 11.7 Å². The van der Waals surface area contributed by atoms with Crippen molar-refractivity contribution in [3.8, 4) is 0 Å². The Kier molecular flexibility index (Phi) is 4.04. The summed E-state index contributed by atoms with van der Waals surface area (Å²) >= 11 is 3.03. The van der Waals surface area contributed by atoms with Crippen molar-refractivity contribution in [2.24, 2.45) is 0 Å². The number of anilines is 1. The molecule has 1 aromatic heterocycles. The molecule has 0 atom stereocenters. The molecule has 0 saturated heterocycles. The van der Waals surface area contributed by atoms with Gasteiger partial charge in [0.15, 0.2) is 0 Å². The molecule has 0 aliphatic rings. The maximum atomic E-state index is 12.9. The fourth-order valence-electron chi connectivity index (χ4n) is 1.50. The van der Waals surface area contributed by atoms with Crippen LogP contribution in [-0.4, -0.2) is 9.97 Å². The van der Waals surface area contributed by atoms with E-state index in [2.05, 4.69) is 31.2 Å². The lowest BCUT2D eigenvalue weighted by atomic mass is 10.1. The van der Waals surface area contributed by atoms with Gasteiger partial charge in [0.2, 0.25) is 0 Å². The van der Waals surface area contributed by atoms with E-state index in [1.54, 1.807) is 12.1 Å². The third-order valence-corrected chi connectivity index (χ3v) is 2.84. The van der Waals surface area contributed by atoms with Crippen LogP contribution in [0.2, 0.25) is 0 Å². The smallest absolute Gasteiger partial charge is 0.377 e. The van der Waals surface area contributed by atoms with Crippen LogP contribution in [-0.2, 0) is 12.7 Å². The Balaban J connectivity index is 2.21. The summed E-state index contributed by atoms with van der Waals surface area (Å²) in [5, 5.41) is 2.70. The lowest BCUT2D eigenvalue weighted by Crippen LogP contribution is -2.11. The maximum absolute atomic E-state index is 12.9. The first kappa shape index (κ1) is 13.8. The van der Waals surface area contributed by atoms with Crippen molar-refractivity contribution in [2.75, 3.05) is 5.32 Å². The van der Waals surface area contributed by atoms with Crippen molar-refractivity contribution in [2.45, 2.75) is 12.7 Å². The second kappa shape index (κ2) is 5.56. The zero-order valence-electron chi connectivity index (χ0n) is 9.58. The van der Waals surface area contributed by atoms with Gasteiger partial charge >= 0.3 is 6.18 Å². The summed E-state index contributed by atoms with van der Waals surface area (Å²) in [5.74, 6) is 0.429. The molecule has 0 spiro atoms. The number of alkyl halides is 3. The molecule has 0 radical (unpaired) electrons. The second-order valence-corrected chi connectivity index (χ2v) is 4.62.